The summed E-state index contributed by atoms with van der Waals surface area (Å²) in [5.74, 6) is 0. The summed E-state index contributed by atoms with van der Waals surface area (Å²) in [6.07, 6.45) is 2.57. The Hall–Kier alpha value is 0.0200. The maximum Gasteiger partial charge on any atom is 0.0773 e. The highest BCUT2D eigenvalue weighted by molar-refractivity contribution is 6.36. The van der Waals surface area contributed by atoms with E-state index in [1.165, 1.54) is 0 Å². The van der Waals surface area contributed by atoms with Crippen LogP contribution in [-0.2, 0) is 4.74 Å². The molecule has 0 aromatic rings. The summed E-state index contributed by atoms with van der Waals surface area (Å²) < 4.78 is 5.12. The molecular formula is C8H10Cl2O. The molecule has 1 rings (SSSR count). The van der Waals surface area contributed by atoms with E-state index in [0.29, 0.717) is 0 Å². The van der Waals surface area contributed by atoms with Crippen molar-refractivity contribution in [3.8, 4) is 0 Å². The van der Waals surface area contributed by atoms with E-state index in [-0.39, 0.29) is 6.10 Å². The quantitative estimate of drug-likeness (QED) is 0.654. The smallest absolute Gasteiger partial charge is 0.0773 e. The standard InChI is InChI=1S/C8H10Cl2O/c1-5(11-2)7-3-6(9)4-8(7)10/h4-5H,3H2,1-2H3/t5-/m0/s1. The van der Waals surface area contributed by atoms with Gasteiger partial charge >= 0.3 is 0 Å². The van der Waals surface area contributed by atoms with Gasteiger partial charge in [0.25, 0.3) is 0 Å². The van der Waals surface area contributed by atoms with Crippen LogP contribution in [0.1, 0.15) is 13.3 Å². The van der Waals surface area contributed by atoms with E-state index < -0.39 is 0 Å². The Morgan fingerprint density at radius 2 is 2.18 bits per heavy atom. The number of hydrogen-bond donors (Lipinski definition) is 0. The predicted octanol–water partition coefficient (Wildman–Crippen LogP) is 3.04. The molecule has 0 aromatic heterocycles. The van der Waals surface area contributed by atoms with Crippen LogP contribution in [0.15, 0.2) is 21.7 Å². The van der Waals surface area contributed by atoms with Gasteiger partial charge in [0.15, 0.2) is 0 Å². The van der Waals surface area contributed by atoms with Gasteiger partial charge in [0.1, 0.15) is 0 Å². The summed E-state index contributed by atoms with van der Waals surface area (Å²) in [5, 5.41) is 1.51. The van der Waals surface area contributed by atoms with E-state index in [9.17, 15) is 0 Å². The van der Waals surface area contributed by atoms with Gasteiger partial charge in [-0.3, -0.25) is 0 Å². The Labute approximate surface area is 76.6 Å². The molecule has 1 aliphatic rings. The van der Waals surface area contributed by atoms with Crippen LogP contribution in [0, 0.1) is 0 Å². The molecule has 1 aliphatic carbocycles. The second kappa shape index (κ2) is 3.61. The number of rotatable bonds is 2. The molecule has 0 fully saturated rings. The van der Waals surface area contributed by atoms with Crippen LogP contribution < -0.4 is 0 Å². The minimum Gasteiger partial charge on any atom is -0.377 e. The number of halogens is 2. The summed E-state index contributed by atoms with van der Waals surface area (Å²) in [5.41, 5.74) is 1.07. The summed E-state index contributed by atoms with van der Waals surface area (Å²) in [6.45, 7) is 1.96. The second-order valence-corrected chi connectivity index (χ2v) is 3.41. The molecule has 0 heterocycles. The molecule has 11 heavy (non-hydrogen) atoms. The third kappa shape index (κ3) is 1.98. The van der Waals surface area contributed by atoms with Crippen molar-refractivity contribution in [2.45, 2.75) is 19.4 Å². The van der Waals surface area contributed by atoms with Gasteiger partial charge in [0.05, 0.1) is 6.10 Å². The average molecular weight is 193 g/mol. The summed E-state index contributed by atoms with van der Waals surface area (Å²) in [4.78, 5) is 0. The minimum absolute atomic E-state index is 0.0648. The van der Waals surface area contributed by atoms with Gasteiger partial charge in [-0.15, -0.1) is 0 Å². The molecule has 62 valence electrons. The van der Waals surface area contributed by atoms with Crippen molar-refractivity contribution >= 4 is 23.2 Å². The lowest BCUT2D eigenvalue weighted by molar-refractivity contribution is 0.145. The molecule has 1 atom stereocenters. The number of methoxy groups -OCH3 is 1. The largest absolute Gasteiger partial charge is 0.377 e. The van der Waals surface area contributed by atoms with E-state index in [2.05, 4.69) is 0 Å². The van der Waals surface area contributed by atoms with Gasteiger partial charge in [-0.1, -0.05) is 23.2 Å². The number of allylic oxidation sites excluding steroid dienone is 3. The summed E-state index contributed by atoms with van der Waals surface area (Å²) in [7, 11) is 1.66. The molecule has 0 N–H and O–H groups in total. The fourth-order valence-corrected chi connectivity index (χ4v) is 1.69. The van der Waals surface area contributed by atoms with Crippen LogP contribution in [0.5, 0.6) is 0 Å². The highest BCUT2D eigenvalue weighted by atomic mass is 35.5. The third-order valence-corrected chi connectivity index (χ3v) is 2.39. The number of hydrogen-bond acceptors (Lipinski definition) is 1. The van der Waals surface area contributed by atoms with E-state index in [4.69, 9.17) is 27.9 Å². The van der Waals surface area contributed by atoms with Crippen molar-refractivity contribution in [3.63, 3.8) is 0 Å². The van der Waals surface area contributed by atoms with Crippen LogP contribution in [0.25, 0.3) is 0 Å². The first-order chi connectivity index (χ1) is 5.15. The molecule has 0 aliphatic heterocycles. The van der Waals surface area contributed by atoms with E-state index in [0.717, 1.165) is 22.1 Å². The lowest BCUT2D eigenvalue weighted by Gasteiger charge is -2.10. The highest BCUT2D eigenvalue weighted by Crippen LogP contribution is 2.32. The Morgan fingerprint density at radius 3 is 2.55 bits per heavy atom. The van der Waals surface area contributed by atoms with E-state index >= 15 is 0 Å². The Balaban J connectivity index is 2.71. The molecule has 0 amide bonds. The van der Waals surface area contributed by atoms with Crippen LogP contribution >= 0.6 is 23.2 Å². The average Bonchev–Trinajstić information content (AvgIpc) is 2.28. The maximum atomic E-state index is 5.89. The first-order valence-electron chi connectivity index (χ1n) is 3.42. The number of ether oxygens (including phenoxy) is 1. The van der Waals surface area contributed by atoms with E-state index in [1.54, 1.807) is 13.2 Å². The fourth-order valence-electron chi connectivity index (χ4n) is 1.03. The highest BCUT2D eigenvalue weighted by Gasteiger charge is 2.18. The molecule has 0 radical (unpaired) electrons. The maximum absolute atomic E-state index is 5.89. The summed E-state index contributed by atoms with van der Waals surface area (Å²) >= 11 is 11.7. The van der Waals surface area contributed by atoms with Gasteiger partial charge in [-0.2, -0.15) is 0 Å². The zero-order chi connectivity index (χ0) is 8.43. The Kier molecular flexibility index (Phi) is 2.99. The first kappa shape index (κ1) is 9.11. The molecule has 0 saturated carbocycles. The van der Waals surface area contributed by atoms with Crippen molar-refractivity contribution in [2.75, 3.05) is 7.11 Å². The summed E-state index contributed by atoms with van der Waals surface area (Å²) in [6, 6.07) is 0. The third-order valence-electron chi connectivity index (χ3n) is 1.79. The van der Waals surface area contributed by atoms with Crippen molar-refractivity contribution in [1.82, 2.24) is 0 Å². The monoisotopic (exact) mass is 192 g/mol. The van der Waals surface area contributed by atoms with Gasteiger partial charge < -0.3 is 4.74 Å². The second-order valence-electron chi connectivity index (χ2n) is 2.52. The van der Waals surface area contributed by atoms with Gasteiger partial charge in [0.2, 0.25) is 0 Å². The zero-order valence-electron chi connectivity index (χ0n) is 6.53. The molecule has 3 heteroatoms. The van der Waals surface area contributed by atoms with Crippen LogP contribution in [-0.4, -0.2) is 13.2 Å². The van der Waals surface area contributed by atoms with Crippen molar-refractivity contribution in [1.29, 1.82) is 0 Å². The normalized spacial score (nSPS) is 20.5. The molecule has 0 bridgehead atoms. The van der Waals surface area contributed by atoms with Crippen molar-refractivity contribution < 1.29 is 4.74 Å². The van der Waals surface area contributed by atoms with Gasteiger partial charge in [-0.05, 0) is 18.6 Å². The first-order valence-corrected chi connectivity index (χ1v) is 4.18. The molecule has 0 saturated heterocycles. The van der Waals surface area contributed by atoms with Gasteiger partial charge in [-0.25, -0.2) is 0 Å². The molecule has 0 spiro atoms. The fraction of sp³-hybridized carbons (Fsp3) is 0.500. The lowest BCUT2D eigenvalue weighted by Crippen LogP contribution is -2.07. The Bertz CT molecular complexity index is 218. The Morgan fingerprint density at radius 1 is 1.55 bits per heavy atom. The topological polar surface area (TPSA) is 9.23 Å². The zero-order valence-corrected chi connectivity index (χ0v) is 8.04. The molecule has 0 aromatic carbocycles. The van der Waals surface area contributed by atoms with Gasteiger partial charge in [0, 0.05) is 23.6 Å². The predicted molar refractivity (Wildman–Crippen MR) is 47.9 cm³/mol. The SMILES string of the molecule is CO[C@@H](C)C1=C(Cl)C=C(Cl)C1. The van der Waals surface area contributed by atoms with E-state index in [1.807, 2.05) is 6.92 Å². The lowest BCUT2D eigenvalue weighted by atomic mass is 10.1. The van der Waals surface area contributed by atoms with Crippen LogP contribution in [0.3, 0.4) is 0 Å². The van der Waals surface area contributed by atoms with Crippen LogP contribution in [0.4, 0.5) is 0 Å². The van der Waals surface area contributed by atoms with Crippen molar-refractivity contribution in [2.24, 2.45) is 0 Å². The molecule has 0 unspecified atom stereocenters. The molecule has 1 nitrogen and oxygen atoms in total. The van der Waals surface area contributed by atoms with Crippen LogP contribution in [0.2, 0.25) is 0 Å². The molecular weight excluding hydrogens is 183 g/mol. The minimum atomic E-state index is 0.0648. The van der Waals surface area contributed by atoms with Crippen molar-refractivity contribution in [3.05, 3.63) is 21.7 Å².